The molecule has 0 saturated carbocycles. The van der Waals surface area contributed by atoms with Crippen molar-refractivity contribution < 1.29 is 37.9 Å². The summed E-state index contributed by atoms with van der Waals surface area (Å²) >= 11 is 5.49. The van der Waals surface area contributed by atoms with Crippen LogP contribution in [-0.2, 0) is 37.9 Å². The Morgan fingerprint density at radius 3 is 0.900 bits per heavy atom. The number of halogens is 1. The molecule has 8 nitrogen and oxygen atoms in total. The topological polar surface area (TPSA) is 73.8 Å². The van der Waals surface area contributed by atoms with Crippen molar-refractivity contribution in [3.63, 3.8) is 0 Å². The zero-order chi connectivity index (χ0) is 21.8. The van der Waals surface area contributed by atoms with Gasteiger partial charge in [0.25, 0.3) is 0 Å². The molecule has 182 valence electrons. The summed E-state index contributed by atoms with van der Waals surface area (Å²) in [6.07, 6.45) is 3.56. The van der Waals surface area contributed by atoms with E-state index in [0.717, 1.165) is 13.0 Å². The molecule has 0 heterocycles. The monoisotopic (exact) mass is 458 g/mol. The fraction of sp³-hybridized carbons (Fsp3) is 1.00. The Labute approximate surface area is 187 Å². The molecule has 0 aliphatic heterocycles. The number of hydrogen-bond acceptors (Lipinski definition) is 8. The lowest BCUT2D eigenvalue weighted by Gasteiger charge is -2.08. The molecule has 0 spiro atoms. The van der Waals surface area contributed by atoms with Gasteiger partial charge in [-0.25, -0.2) is 0 Å². The lowest BCUT2D eigenvalue weighted by Crippen LogP contribution is -2.15. The quantitative estimate of drug-likeness (QED) is 0.137. The van der Waals surface area contributed by atoms with Crippen LogP contribution in [0.15, 0.2) is 0 Å². The summed E-state index contributed by atoms with van der Waals surface area (Å²) in [5, 5.41) is 0. The summed E-state index contributed by atoms with van der Waals surface area (Å²) in [6, 6.07) is 0. The van der Waals surface area contributed by atoms with E-state index in [1.54, 1.807) is 0 Å². The van der Waals surface area contributed by atoms with Crippen LogP contribution in [-0.4, -0.2) is 112 Å². The lowest BCUT2D eigenvalue weighted by atomic mass is 10.3. The minimum absolute atomic E-state index is 0.507. The molecule has 0 aromatic rings. The van der Waals surface area contributed by atoms with Crippen molar-refractivity contribution in [1.82, 2.24) is 0 Å². The molecule has 0 amide bonds. The Morgan fingerprint density at radius 1 is 0.367 bits per heavy atom. The van der Waals surface area contributed by atoms with E-state index in [-0.39, 0.29) is 0 Å². The minimum Gasteiger partial charge on any atom is -0.379 e. The molecular formula is C21H43ClO8. The molecule has 0 N–H and O–H groups in total. The Balaban J connectivity index is 2.97. The second-order valence-electron chi connectivity index (χ2n) is 6.30. The van der Waals surface area contributed by atoms with E-state index in [4.69, 9.17) is 49.5 Å². The van der Waals surface area contributed by atoms with Gasteiger partial charge in [0.2, 0.25) is 0 Å². The molecule has 0 radical (unpaired) electrons. The molecule has 0 aromatic heterocycles. The van der Waals surface area contributed by atoms with E-state index >= 15 is 0 Å². The maximum Gasteiger partial charge on any atom is 0.0701 e. The van der Waals surface area contributed by atoms with Crippen molar-refractivity contribution in [1.29, 1.82) is 0 Å². The average molecular weight is 459 g/mol. The van der Waals surface area contributed by atoms with Gasteiger partial charge in [-0.15, -0.1) is 11.6 Å². The zero-order valence-corrected chi connectivity index (χ0v) is 19.5. The first-order valence-electron chi connectivity index (χ1n) is 11.1. The highest BCUT2D eigenvalue weighted by Gasteiger charge is 1.95. The second kappa shape index (κ2) is 29.0. The van der Waals surface area contributed by atoms with Crippen LogP contribution in [0.2, 0.25) is 0 Å². The molecule has 0 bridgehead atoms. The summed E-state index contributed by atoms with van der Waals surface area (Å²) in [5.74, 6) is 0.507. The van der Waals surface area contributed by atoms with Gasteiger partial charge >= 0.3 is 0 Å². The normalized spacial score (nSPS) is 11.4. The van der Waals surface area contributed by atoms with Crippen LogP contribution in [0, 0.1) is 0 Å². The Hall–Kier alpha value is -0.0300. The molecule has 0 aliphatic carbocycles. The van der Waals surface area contributed by atoms with Gasteiger partial charge in [0.1, 0.15) is 0 Å². The maximum absolute atomic E-state index is 5.49. The van der Waals surface area contributed by atoms with Crippen LogP contribution in [0.25, 0.3) is 0 Å². The standard InChI is InChI=1S/C21H43ClO8/c1-2-3-4-6-23-8-10-25-12-14-27-16-18-29-20-21-30-19-17-28-15-13-26-11-9-24-7-5-22/h2-21H2,1H3. The van der Waals surface area contributed by atoms with E-state index in [1.165, 1.54) is 12.8 Å². The first kappa shape index (κ1) is 30.0. The molecule has 0 atom stereocenters. The summed E-state index contributed by atoms with van der Waals surface area (Å²) in [5.41, 5.74) is 0. The Bertz CT molecular complexity index is 272. The number of ether oxygens (including phenoxy) is 8. The van der Waals surface area contributed by atoms with Gasteiger partial charge < -0.3 is 37.9 Å². The molecule has 0 unspecified atom stereocenters. The first-order chi connectivity index (χ1) is 14.9. The SMILES string of the molecule is CCCCCOCCOCCOCCOCCOCCOCCOCCOCCCl. The van der Waals surface area contributed by atoms with Crippen molar-refractivity contribution >= 4 is 11.6 Å². The predicted octanol–water partition coefficient (Wildman–Crippen LogP) is 2.55. The van der Waals surface area contributed by atoms with Gasteiger partial charge in [0, 0.05) is 12.5 Å². The third-order valence-corrected chi connectivity index (χ3v) is 3.87. The Kier molecular flexibility index (Phi) is 28.9. The van der Waals surface area contributed by atoms with Crippen molar-refractivity contribution in [2.24, 2.45) is 0 Å². The molecule has 9 heteroatoms. The van der Waals surface area contributed by atoms with Crippen LogP contribution in [0.5, 0.6) is 0 Å². The van der Waals surface area contributed by atoms with Gasteiger partial charge in [0.05, 0.1) is 99.1 Å². The fourth-order valence-electron chi connectivity index (χ4n) is 2.15. The third kappa shape index (κ3) is 28.0. The maximum atomic E-state index is 5.49. The number of unbranched alkanes of at least 4 members (excludes halogenated alkanes) is 2. The molecule has 30 heavy (non-hydrogen) atoms. The zero-order valence-electron chi connectivity index (χ0n) is 18.8. The lowest BCUT2D eigenvalue weighted by molar-refractivity contribution is -0.0228. The molecule has 0 rings (SSSR count). The van der Waals surface area contributed by atoms with Crippen molar-refractivity contribution in [3.05, 3.63) is 0 Å². The van der Waals surface area contributed by atoms with Crippen LogP contribution in [0.3, 0.4) is 0 Å². The highest BCUT2D eigenvalue weighted by Crippen LogP contribution is 1.93. The van der Waals surface area contributed by atoms with Crippen LogP contribution < -0.4 is 0 Å². The van der Waals surface area contributed by atoms with E-state index in [9.17, 15) is 0 Å². The smallest absolute Gasteiger partial charge is 0.0701 e. The van der Waals surface area contributed by atoms with Gasteiger partial charge in [-0.3, -0.25) is 0 Å². The van der Waals surface area contributed by atoms with E-state index in [2.05, 4.69) is 6.92 Å². The van der Waals surface area contributed by atoms with E-state index in [0.29, 0.717) is 105 Å². The van der Waals surface area contributed by atoms with E-state index in [1.807, 2.05) is 0 Å². The minimum atomic E-state index is 0.507. The van der Waals surface area contributed by atoms with Crippen LogP contribution in [0.4, 0.5) is 0 Å². The predicted molar refractivity (Wildman–Crippen MR) is 117 cm³/mol. The summed E-state index contributed by atoms with van der Waals surface area (Å²) < 4.78 is 43.1. The van der Waals surface area contributed by atoms with Crippen LogP contribution >= 0.6 is 11.6 Å². The molecular weight excluding hydrogens is 416 g/mol. The van der Waals surface area contributed by atoms with Gasteiger partial charge in [0.15, 0.2) is 0 Å². The molecule has 0 aromatic carbocycles. The van der Waals surface area contributed by atoms with Gasteiger partial charge in [-0.05, 0) is 6.42 Å². The van der Waals surface area contributed by atoms with Gasteiger partial charge in [-0.2, -0.15) is 0 Å². The number of rotatable bonds is 27. The highest BCUT2D eigenvalue weighted by atomic mass is 35.5. The number of hydrogen-bond donors (Lipinski definition) is 0. The summed E-state index contributed by atoms with van der Waals surface area (Å²) in [7, 11) is 0. The van der Waals surface area contributed by atoms with Crippen molar-refractivity contribution in [2.75, 3.05) is 112 Å². The van der Waals surface area contributed by atoms with Crippen molar-refractivity contribution in [2.45, 2.75) is 26.2 Å². The number of alkyl halides is 1. The second-order valence-corrected chi connectivity index (χ2v) is 6.67. The largest absolute Gasteiger partial charge is 0.379 e. The van der Waals surface area contributed by atoms with Gasteiger partial charge in [-0.1, -0.05) is 19.8 Å². The molecule has 0 aliphatic rings. The molecule has 0 fully saturated rings. The van der Waals surface area contributed by atoms with Crippen molar-refractivity contribution in [3.8, 4) is 0 Å². The molecule has 0 saturated heterocycles. The van der Waals surface area contributed by atoms with Crippen LogP contribution in [0.1, 0.15) is 26.2 Å². The third-order valence-electron chi connectivity index (χ3n) is 3.72. The average Bonchev–Trinajstić information content (AvgIpc) is 2.76. The fourth-order valence-corrected chi connectivity index (χ4v) is 2.26. The summed E-state index contributed by atoms with van der Waals surface area (Å²) in [4.78, 5) is 0. The Morgan fingerprint density at radius 2 is 0.633 bits per heavy atom. The van der Waals surface area contributed by atoms with E-state index < -0.39 is 0 Å². The summed E-state index contributed by atoms with van der Waals surface area (Å²) in [6.45, 7) is 11.4. The highest BCUT2D eigenvalue weighted by molar-refractivity contribution is 6.17. The first-order valence-corrected chi connectivity index (χ1v) is 11.6.